The molecule has 1 saturated carbocycles. The van der Waals surface area contributed by atoms with Crippen LogP contribution in [0.25, 0.3) is 0 Å². The molecule has 3 heteroatoms. The Kier molecular flexibility index (Phi) is 3.29. The molecule has 0 atom stereocenters. The van der Waals surface area contributed by atoms with Gasteiger partial charge in [0.1, 0.15) is 0 Å². The highest BCUT2D eigenvalue weighted by Gasteiger charge is 2.19. The minimum absolute atomic E-state index is 0.114. The number of aliphatic hydroxyl groups excluding tert-OH is 1. The van der Waals surface area contributed by atoms with E-state index >= 15 is 0 Å². The van der Waals surface area contributed by atoms with Gasteiger partial charge in [0, 0.05) is 6.04 Å². The number of aliphatic hydroxyl groups is 1. The molecule has 0 aromatic heterocycles. The summed E-state index contributed by atoms with van der Waals surface area (Å²) in [6, 6.07) is 0.235. The van der Waals surface area contributed by atoms with E-state index in [4.69, 9.17) is 0 Å². The molecular weight excluding hydrogens is 154 g/mol. The average Bonchev–Trinajstić information content (AvgIpc) is 2.09. The van der Waals surface area contributed by atoms with Crippen LogP contribution in [-0.2, 0) is 4.79 Å². The maximum atomic E-state index is 10.9. The normalized spacial score (nSPS) is 29.4. The molecule has 68 valence electrons. The lowest BCUT2D eigenvalue weighted by Gasteiger charge is -2.25. The monoisotopic (exact) mass is 169 g/mol. The van der Waals surface area contributed by atoms with Gasteiger partial charge in [0.15, 0.2) is 0 Å². The Morgan fingerprint density at radius 3 is 2.50 bits per heavy atom. The van der Waals surface area contributed by atoms with Crippen molar-refractivity contribution in [1.82, 2.24) is 5.32 Å². The number of nitrogens with one attached hydrogen (secondary N) is 1. The highest BCUT2D eigenvalue weighted by molar-refractivity contribution is 5.87. The number of hydrogen-bond acceptors (Lipinski definition) is 2. The third-order valence-corrected chi connectivity index (χ3v) is 2.23. The molecule has 0 aromatic carbocycles. The summed E-state index contributed by atoms with van der Waals surface area (Å²) >= 11 is 0. The lowest BCUT2D eigenvalue weighted by molar-refractivity contribution is -0.117. The molecule has 3 nitrogen and oxygen atoms in total. The molecular formula is C9H15NO2. The molecule has 0 spiro atoms. The van der Waals surface area contributed by atoms with Gasteiger partial charge in [0.2, 0.25) is 5.91 Å². The SMILES string of the molecule is C=CC(=O)NC1CCC(O)CC1. The second-order valence-electron chi connectivity index (χ2n) is 3.22. The van der Waals surface area contributed by atoms with Crippen molar-refractivity contribution in [3.05, 3.63) is 12.7 Å². The molecule has 12 heavy (non-hydrogen) atoms. The number of amides is 1. The van der Waals surface area contributed by atoms with Crippen molar-refractivity contribution in [1.29, 1.82) is 0 Å². The Balaban J connectivity index is 2.26. The summed E-state index contributed by atoms with van der Waals surface area (Å²) in [7, 11) is 0. The first kappa shape index (κ1) is 9.26. The smallest absolute Gasteiger partial charge is 0.243 e. The van der Waals surface area contributed by atoms with Gasteiger partial charge in [-0.15, -0.1) is 0 Å². The molecule has 0 aliphatic heterocycles. The maximum absolute atomic E-state index is 10.9. The van der Waals surface area contributed by atoms with Gasteiger partial charge in [-0.25, -0.2) is 0 Å². The van der Waals surface area contributed by atoms with Crippen molar-refractivity contribution in [3.8, 4) is 0 Å². The van der Waals surface area contributed by atoms with Crippen LogP contribution in [0.1, 0.15) is 25.7 Å². The quantitative estimate of drug-likeness (QED) is 0.594. The zero-order valence-electron chi connectivity index (χ0n) is 7.12. The van der Waals surface area contributed by atoms with Crippen LogP contribution in [0.4, 0.5) is 0 Å². The van der Waals surface area contributed by atoms with Gasteiger partial charge in [-0.2, -0.15) is 0 Å². The van der Waals surface area contributed by atoms with Crippen LogP contribution in [0.3, 0.4) is 0 Å². The Morgan fingerprint density at radius 1 is 1.42 bits per heavy atom. The number of rotatable bonds is 2. The number of hydrogen-bond donors (Lipinski definition) is 2. The number of carbonyl (C=O) groups is 1. The first-order valence-corrected chi connectivity index (χ1v) is 4.33. The van der Waals surface area contributed by atoms with E-state index < -0.39 is 0 Å². The van der Waals surface area contributed by atoms with Crippen LogP contribution in [0.15, 0.2) is 12.7 Å². The summed E-state index contributed by atoms with van der Waals surface area (Å²) in [4.78, 5) is 10.9. The summed E-state index contributed by atoms with van der Waals surface area (Å²) in [6.07, 6.45) is 4.46. The minimum Gasteiger partial charge on any atom is -0.393 e. The number of carbonyl (C=O) groups excluding carboxylic acids is 1. The van der Waals surface area contributed by atoms with E-state index in [2.05, 4.69) is 11.9 Å². The van der Waals surface area contributed by atoms with E-state index in [9.17, 15) is 9.90 Å². The van der Waals surface area contributed by atoms with Crippen LogP contribution in [0.2, 0.25) is 0 Å². The minimum atomic E-state index is -0.165. The molecule has 0 unspecified atom stereocenters. The largest absolute Gasteiger partial charge is 0.393 e. The van der Waals surface area contributed by atoms with Gasteiger partial charge in [-0.1, -0.05) is 6.58 Å². The van der Waals surface area contributed by atoms with Gasteiger partial charge in [0.05, 0.1) is 6.10 Å². The summed E-state index contributed by atoms with van der Waals surface area (Å²) in [5.74, 6) is -0.114. The van der Waals surface area contributed by atoms with Crippen molar-refractivity contribution >= 4 is 5.91 Å². The third kappa shape index (κ3) is 2.66. The lowest BCUT2D eigenvalue weighted by Crippen LogP contribution is -2.37. The molecule has 0 aromatic rings. The summed E-state index contributed by atoms with van der Waals surface area (Å²) < 4.78 is 0. The molecule has 1 aliphatic carbocycles. The second-order valence-corrected chi connectivity index (χ2v) is 3.22. The fourth-order valence-corrected chi connectivity index (χ4v) is 1.48. The van der Waals surface area contributed by atoms with E-state index in [0.717, 1.165) is 25.7 Å². The average molecular weight is 169 g/mol. The van der Waals surface area contributed by atoms with Crippen molar-refractivity contribution in [2.45, 2.75) is 37.8 Å². The van der Waals surface area contributed by atoms with Gasteiger partial charge in [-0.3, -0.25) is 4.79 Å². The fraction of sp³-hybridized carbons (Fsp3) is 0.667. The third-order valence-electron chi connectivity index (χ3n) is 2.23. The van der Waals surface area contributed by atoms with Crippen LogP contribution in [0.5, 0.6) is 0 Å². The summed E-state index contributed by atoms with van der Waals surface area (Å²) in [5, 5.41) is 12.0. The van der Waals surface area contributed by atoms with Crippen molar-refractivity contribution in [2.24, 2.45) is 0 Å². The molecule has 1 fully saturated rings. The van der Waals surface area contributed by atoms with E-state index in [1.54, 1.807) is 0 Å². The zero-order valence-corrected chi connectivity index (χ0v) is 7.12. The summed E-state index contributed by atoms with van der Waals surface area (Å²) in [5.41, 5.74) is 0. The zero-order chi connectivity index (χ0) is 8.97. The van der Waals surface area contributed by atoms with E-state index in [1.807, 2.05) is 0 Å². The van der Waals surface area contributed by atoms with E-state index in [0.29, 0.717) is 0 Å². The van der Waals surface area contributed by atoms with Gasteiger partial charge < -0.3 is 10.4 Å². The molecule has 0 radical (unpaired) electrons. The molecule has 2 N–H and O–H groups in total. The van der Waals surface area contributed by atoms with Crippen molar-refractivity contribution < 1.29 is 9.90 Å². The van der Waals surface area contributed by atoms with Gasteiger partial charge in [0.25, 0.3) is 0 Å². The lowest BCUT2D eigenvalue weighted by atomic mass is 9.93. The second kappa shape index (κ2) is 4.26. The van der Waals surface area contributed by atoms with Crippen molar-refractivity contribution in [3.63, 3.8) is 0 Å². The predicted molar refractivity (Wildman–Crippen MR) is 46.6 cm³/mol. The van der Waals surface area contributed by atoms with Crippen LogP contribution < -0.4 is 5.32 Å². The molecule has 0 heterocycles. The highest BCUT2D eigenvalue weighted by atomic mass is 16.3. The topological polar surface area (TPSA) is 49.3 Å². The van der Waals surface area contributed by atoms with Crippen LogP contribution in [-0.4, -0.2) is 23.2 Å². The Morgan fingerprint density at radius 2 is 2.00 bits per heavy atom. The van der Waals surface area contributed by atoms with Crippen LogP contribution in [0, 0.1) is 0 Å². The Labute approximate surface area is 72.5 Å². The summed E-state index contributed by atoms with van der Waals surface area (Å²) in [6.45, 7) is 3.38. The molecule has 1 aliphatic rings. The van der Waals surface area contributed by atoms with Gasteiger partial charge in [-0.05, 0) is 31.8 Å². The van der Waals surface area contributed by atoms with Crippen LogP contribution >= 0.6 is 0 Å². The maximum Gasteiger partial charge on any atom is 0.243 e. The van der Waals surface area contributed by atoms with Crippen molar-refractivity contribution in [2.75, 3.05) is 0 Å². The highest BCUT2D eigenvalue weighted by Crippen LogP contribution is 2.17. The Hall–Kier alpha value is -0.830. The standard InChI is InChI=1S/C9H15NO2/c1-2-9(12)10-7-3-5-8(11)6-4-7/h2,7-8,11H,1,3-6H2,(H,10,12). The first-order chi connectivity index (χ1) is 5.72. The fourth-order valence-electron chi connectivity index (χ4n) is 1.48. The molecule has 1 rings (SSSR count). The van der Waals surface area contributed by atoms with E-state index in [-0.39, 0.29) is 18.1 Å². The molecule has 0 bridgehead atoms. The Bertz CT molecular complexity index is 171. The first-order valence-electron chi connectivity index (χ1n) is 4.33. The predicted octanol–water partition coefficient (Wildman–Crippen LogP) is 0.592. The van der Waals surface area contributed by atoms with E-state index in [1.165, 1.54) is 6.08 Å². The van der Waals surface area contributed by atoms with Gasteiger partial charge >= 0.3 is 0 Å². The molecule has 1 amide bonds. The molecule has 0 saturated heterocycles.